The number of hydrogen-bond donors (Lipinski definition) is 1. The van der Waals surface area contributed by atoms with Gasteiger partial charge in [-0.05, 0) is 49.4 Å². The van der Waals surface area contributed by atoms with Crippen LogP contribution in [0.4, 0.5) is 4.39 Å². The van der Waals surface area contributed by atoms with E-state index in [4.69, 9.17) is 10.5 Å². The normalized spacial score (nSPS) is 12.2. The molecule has 1 amide bonds. The fraction of sp³-hybridized carbons (Fsp3) is 0.278. The molecule has 4 nitrogen and oxygen atoms in total. The van der Waals surface area contributed by atoms with Crippen molar-refractivity contribution >= 4 is 5.91 Å². The number of hydrogen-bond acceptors (Lipinski definition) is 3. The van der Waals surface area contributed by atoms with Gasteiger partial charge < -0.3 is 10.5 Å². The van der Waals surface area contributed by atoms with Crippen molar-refractivity contribution in [3.8, 4) is 5.75 Å². The van der Waals surface area contributed by atoms with E-state index < -0.39 is 0 Å². The van der Waals surface area contributed by atoms with Gasteiger partial charge in [0.1, 0.15) is 18.2 Å². The maximum atomic E-state index is 13.1. The molecule has 122 valence electrons. The van der Waals surface area contributed by atoms with Crippen LogP contribution in [-0.2, 0) is 17.9 Å². The number of carbonyl (C=O) groups is 1. The van der Waals surface area contributed by atoms with Crippen LogP contribution in [-0.4, -0.2) is 23.9 Å². The van der Waals surface area contributed by atoms with Crippen LogP contribution in [0.3, 0.4) is 0 Å². The summed E-state index contributed by atoms with van der Waals surface area (Å²) >= 11 is 0. The Morgan fingerprint density at radius 2 is 1.91 bits per heavy atom. The molecule has 2 N–H and O–H groups in total. The Hall–Kier alpha value is -2.40. The van der Waals surface area contributed by atoms with Crippen LogP contribution in [0.25, 0.3) is 0 Å². The zero-order valence-corrected chi connectivity index (χ0v) is 13.3. The number of ether oxygens (including phenoxy) is 1. The molecule has 2 rings (SSSR count). The van der Waals surface area contributed by atoms with E-state index in [9.17, 15) is 9.18 Å². The first-order chi connectivity index (χ1) is 11.0. The molecule has 0 unspecified atom stereocenters. The summed E-state index contributed by atoms with van der Waals surface area (Å²) in [4.78, 5) is 13.0. The van der Waals surface area contributed by atoms with Gasteiger partial charge in [-0.1, -0.05) is 24.3 Å². The molecular weight excluding hydrogens is 295 g/mol. The van der Waals surface area contributed by atoms with E-state index in [0.717, 1.165) is 11.1 Å². The topological polar surface area (TPSA) is 55.6 Å². The number of benzene rings is 2. The summed E-state index contributed by atoms with van der Waals surface area (Å²) in [6, 6.07) is 13.6. The summed E-state index contributed by atoms with van der Waals surface area (Å²) in [6.45, 7) is 2.71. The number of primary amides is 1. The third-order valence-corrected chi connectivity index (χ3v) is 3.72. The monoisotopic (exact) mass is 316 g/mol. The summed E-state index contributed by atoms with van der Waals surface area (Å²) in [5, 5.41) is 0. The molecular formula is C18H21FN2O2. The van der Waals surface area contributed by atoms with E-state index >= 15 is 0 Å². The minimum atomic E-state index is -0.345. The van der Waals surface area contributed by atoms with Crippen molar-refractivity contribution in [3.63, 3.8) is 0 Å². The van der Waals surface area contributed by atoms with Crippen molar-refractivity contribution in [1.29, 1.82) is 0 Å². The second-order valence-electron chi connectivity index (χ2n) is 5.56. The first-order valence-electron chi connectivity index (χ1n) is 7.41. The molecule has 0 saturated carbocycles. The largest absolute Gasteiger partial charge is 0.489 e. The lowest BCUT2D eigenvalue weighted by Gasteiger charge is -2.21. The smallest absolute Gasteiger partial charge is 0.234 e. The fourth-order valence-corrected chi connectivity index (χ4v) is 2.13. The number of halogens is 1. The predicted molar refractivity (Wildman–Crippen MR) is 87.3 cm³/mol. The van der Waals surface area contributed by atoms with E-state index in [1.54, 1.807) is 13.0 Å². The van der Waals surface area contributed by atoms with Crippen molar-refractivity contribution < 1.29 is 13.9 Å². The zero-order chi connectivity index (χ0) is 16.8. The first kappa shape index (κ1) is 17.0. The average Bonchev–Trinajstić information content (AvgIpc) is 2.53. The Labute approximate surface area is 135 Å². The first-order valence-corrected chi connectivity index (χ1v) is 7.41. The quantitative estimate of drug-likeness (QED) is 0.854. The minimum Gasteiger partial charge on any atom is -0.489 e. The number of nitrogens with zero attached hydrogens (tertiary/aromatic N) is 1. The highest BCUT2D eigenvalue weighted by Gasteiger charge is 2.14. The average molecular weight is 316 g/mol. The van der Waals surface area contributed by atoms with Crippen LogP contribution in [0.2, 0.25) is 0 Å². The Morgan fingerprint density at radius 3 is 2.52 bits per heavy atom. The van der Waals surface area contributed by atoms with Gasteiger partial charge in [-0.2, -0.15) is 0 Å². The molecule has 0 fully saturated rings. The number of carbonyl (C=O) groups excluding carboxylic acids is 1. The summed E-state index contributed by atoms with van der Waals surface area (Å²) < 4.78 is 18.7. The molecule has 1 atom stereocenters. The highest BCUT2D eigenvalue weighted by atomic mass is 19.1. The fourth-order valence-electron chi connectivity index (χ4n) is 2.13. The summed E-state index contributed by atoms with van der Waals surface area (Å²) in [7, 11) is 1.85. The zero-order valence-electron chi connectivity index (χ0n) is 13.3. The number of nitrogens with two attached hydrogens (primary N) is 1. The third-order valence-electron chi connectivity index (χ3n) is 3.72. The predicted octanol–water partition coefficient (Wildman–Crippen LogP) is 2.71. The number of amides is 1. The van der Waals surface area contributed by atoms with E-state index in [1.807, 2.05) is 42.3 Å². The second kappa shape index (κ2) is 7.74. The molecule has 0 saturated heterocycles. The van der Waals surface area contributed by atoms with Gasteiger partial charge in [0, 0.05) is 6.54 Å². The molecule has 0 spiro atoms. The van der Waals surface area contributed by atoms with Crippen molar-refractivity contribution in [3.05, 3.63) is 65.5 Å². The molecule has 0 aliphatic rings. The van der Waals surface area contributed by atoms with Gasteiger partial charge in [0.25, 0.3) is 0 Å². The van der Waals surface area contributed by atoms with Crippen molar-refractivity contribution in [1.82, 2.24) is 4.90 Å². The third kappa shape index (κ3) is 5.07. The van der Waals surface area contributed by atoms with Crippen LogP contribution in [0.1, 0.15) is 18.1 Å². The maximum Gasteiger partial charge on any atom is 0.234 e. The van der Waals surface area contributed by atoms with Gasteiger partial charge in [-0.3, -0.25) is 9.69 Å². The lowest BCUT2D eigenvalue weighted by molar-refractivity contribution is -0.122. The molecule has 0 aliphatic heterocycles. The Morgan fingerprint density at radius 1 is 1.22 bits per heavy atom. The highest BCUT2D eigenvalue weighted by Crippen LogP contribution is 2.16. The molecule has 23 heavy (non-hydrogen) atoms. The summed E-state index contributed by atoms with van der Waals surface area (Å²) in [5.74, 6) is 0.0965. The van der Waals surface area contributed by atoms with Crippen LogP contribution in [0, 0.1) is 5.82 Å². The van der Waals surface area contributed by atoms with Gasteiger partial charge in [-0.15, -0.1) is 0 Å². The van der Waals surface area contributed by atoms with Crippen LogP contribution in [0.15, 0.2) is 48.5 Å². The van der Waals surface area contributed by atoms with Crippen molar-refractivity contribution in [2.24, 2.45) is 5.73 Å². The lowest BCUT2D eigenvalue weighted by atomic mass is 10.2. The molecule has 0 aliphatic carbocycles. The van der Waals surface area contributed by atoms with Gasteiger partial charge in [0.15, 0.2) is 0 Å². The second-order valence-corrected chi connectivity index (χ2v) is 5.56. The van der Waals surface area contributed by atoms with Crippen molar-refractivity contribution in [2.75, 3.05) is 7.05 Å². The van der Waals surface area contributed by atoms with Crippen molar-refractivity contribution in [2.45, 2.75) is 26.1 Å². The molecule has 0 radical (unpaired) electrons. The maximum absolute atomic E-state index is 13.1. The van der Waals surface area contributed by atoms with E-state index in [0.29, 0.717) is 18.9 Å². The van der Waals surface area contributed by atoms with Crippen LogP contribution < -0.4 is 10.5 Å². The van der Waals surface area contributed by atoms with Gasteiger partial charge in [0.2, 0.25) is 5.91 Å². The summed E-state index contributed by atoms with van der Waals surface area (Å²) in [5.41, 5.74) is 7.13. The number of rotatable bonds is 7. The molecule has 0 bridgehead atoms. The lowest BCUT2D eigenvalue weighted by Crippen LogP contribution is -2.39. The Kier molecular flexibility index (Phi) is 5.71. The molecule has 5 heteroatoms. The highest BCUT2D eigenvalue weighted by molar-refractivity contribution is 5.79. The molecule has 2 aromatic rings. The van der Waals surface area contributed by atoms with E-state index in [1.165, 1.54) is 12.1 Å². The van der Waals surface area contributed by atoms with E-state index in [2.05, 4.69) is 0 Å². The molecule has 2 aromatic carbocycles. The van der Waals surface area contributed by atoms with Gasteiger partial charge in [0.05, 0.1) is 6.04 Å². The standard InChI is InChI=1S/C18H21FN2O2/c1-13(18(20)22)21(2)11-14-6-8-17(9-7-14)23-12-15-4-3-5-16(19)10-15/h3-10,13H,11-12H2,1-2H3,(H2,20,22)/t13-/m0/s1. The van der Waals surface area contributed by atoms with E-state index in [-0.39, 0.29) is 17.8 Å². The Bertz CT molecular complexity index is 658. The summed E-state index contributed by atoms with van der Waals surface area (Å²) in [6.07, 6.45) is 0. The molecule has 0 heterocycles. The number of likely N-dealkylation sites (N-methyl/N-ethyl adjacent to an activating group) is 1. The van der Waals surface area contributed by atoms with Gasteiger partial charge >= 0.3 is 0 Å². The van der Waals surface area contributed by atoms with Crippen LogP contribution in [0.5, 0.6) is 5.75 Å². The molecule has 0 aromatic heterocycles. The van der Waals surface area contributed by atoms with Crippen LogP contribution >= 0.6 is 0 Å². The SMILES string of the molecule is C[C@@H](C(N)=O)N(C)Cc1ccc(OCc2cccc(F)c2)cc1. The minimum absolute atomic E-state index is 0.270. The van der Waals surface area contributed by atoms with Gasteiger partial charge in [-0.25, -0.2) is 4.39 Å². The Balaban J connectivity index is 1.90.